The fourth-order valence-electron chi connectivity index (χ4n) is 2.09. The Morgan fingerprint density at radius 1 is 1.41 bits per heavy atom. The van der Waals surface area contributed by atoms with Crippen LogP contribution in [0.2, 0.25) is 5.02 Å². The highest BCUT2D eigenvalue weighted by molar-refractivity contribution is 6.36. The number of H-pyrrole nitrogens is 1. The van der Waals surface area contributed by atoms with Gasteiger partial charge in [-0.1, -0.05) is 31.5 Å². The Bertz CT molecular complexity index is 572. The number of carbonyl (C=O) groups is 1. The van der Waals surface area contributed by atoms with Gasteiger partial charge < -0.3 is 10.1 Å². The van der Waals surface area contributed by atoms with E-state index in [1.165, 1.54) is 0 Å². The van der Waals surface area contributed by atoms with E-state index >= 15 is 0 Å². The molecular formula is C13H14ClNO2. The molecule has 2 aromatic rings. The molecule has 0 spiro atoms. The van der Waals surface area contributed by atoms with Crippen molar-refractivity contribution in [1.29, 1.82) is 0 Å². The number of nitrogens with one attached hydrogen (secondary N) is 1. The maximum atomic E-state index is 10.9. The second kappa shape index (κ2) is 4.08. The summed E-state index contributed by atoms with van der Waals surface area (Å²) in [7, 11) is 0. The number of benzene rings is 1. The molecule has 3 nitrogen and oxygen atoms in total. The Morgan fingerprint density at radius 3 is 2.76 bits per heavy atom. The van der Waals surface area contributed by atoms with E-state index in [1.54, 1.807) is 0 Å². The first-order valence-corrected chi connectivity index (χ1v) is 5.77. The van der Waals surface area contributed by atoms with E-state index in [9.17, 15) is 4.79 Å². The van der Waals surface area contributed by atoms with Crippen molar-refractivity contribution in [2.24, 2.45) is 0 Å². The minimum atomic E-state index is -0.819. The van der Waals surface area contributed by atoms with Gasteiger partial charge in [0, 0.05) is 22.5 Å². The highest BCUT2D eigenvalue weighted by Gasteiger charge is 2.27. The van der Waals surface area contributed by atoms with Crippen LogP contribution in [-0.2, 0) is 10.2 Å². The molecule has 0 saturated carbocycles. The molecule has 0 amide bonds. The number of aromatic nitrogens is 1. The molecule has 1 aromatic heterocycles. The molecular weight excluding hydrogens is 238 g/mol. The molecule has 0 aliphatic heterocycles. The van der Waals surface area contributed by atoms with Crippen LogP contribution in [0.1, 0.15) is 25.8 Å². The van der Waals surface area contributed by atoms with Crippen LogP contribution in [0.5, 0.6) is 0 Å². The number of hydrogen-bond acceptors (Lipinski definition) is 1. The van der Waals surface area contributed by atoms with Gasteiger partial charge in [0.15, 0.2) is 0 Å². The lowest BCUT2D eigenvalue weighted by atomic mass is 9.81. The number of hydrogen-bond donors (Lipinski definition) is 2. The highest BCUT2D eigenvalue weighted by atomic mass is 35.5. The Labute approximate surface area is 104 Å². The summed E-state index contributed by atoms with van der Waals surface area (Å²) in [4.78, 5) is 13.9. The van der Waals surface area contributed by atoms with Gasteiger partial charge in [-0.05, 0) is 17.7 Å². The van der Waals surface area contributed by atoms with Crippen LogP contribution in [0.3, 0.4) is 0 Å². The molecule has 4 heteroatoms. The summed E-state index contributed by atoms with van der Waals surface area (Å²) in [5, 5.41) is 10.5. The molecule has 90 valence electrons. The summed E-state index contributed by atoms with van der Waals surface area (Å²) >= 11 is 6.34. The van der Waals surface area contributed by atoms with Crippen LogP contribution < -0.4 is 0 Å². The van der Waals surface area contributed by atoms with Gasteiger partial charge in [-0.15, -0.1) is 0 Å². The predicted octanol–water partition coefficient (Wildman–Crippen LogP) is 3.57. The van der Waals surface area contributed by atoms with E-state index in [1.807, 2.05) is 38.2 Å². The van der Waals surface area contributed by atoms with Gasteiger partial charge in [-0.3, -0.25) is 4.79 Å². The molecule has 17 heavy (non-hydrogen) atoms. The van der Waals surface area contributed by atoms with Gasteiger partial charge in [-0.2, -0.15) is 0 Å². The molecule has 0 radical (unpaired) electrons. The first-order valence-electron chi connectivity index (χ1n) is 5.40. The molecule has 0 atom stereocenters. The van der Waals surface area contributed by atoms with Gasteiger partial charge in [0.2, 0.25) is 0 Å². The largest absolute Gasteiger partial charge is 0.481 e. The molecule has 2 rings (SSSR count). The lowest BCUT2D eigenvalue weighted by Gasteiger charge is -2.24. The van der Waals surface area contributed by atoms with Crippen molar-refractivity contribution < 1.29 is 9.90 Å². The number of aliphatic carboxylic acids is 1. The fourth-order valence-corrected chi connectivity index (χ4v) is 2.58. The Balaban J connectivity index is 2.54. The van der Waals surface area contributed by atoms with E-state index in [2.05, 4.69) is 4.98 Å². The van der Waals surface area contributed by atoms with Crippen LogP contribution in [-0.4, -0.2) is 16.1 Å². The van der Waals surface area contributed by atoms with Crippen LogP contribution in [0.25, 0.3) is 10.9 Å². The van der Waals surface area contributed by atoms with Crippen molar-refractivity contribution in [3.8, 4) is 0 Å². The number of fused-ring (bicyclic) bond motifs is 1. The third-order valence-electron chi connectivity index (χ3n) is 2.99. The fraction of sp³-hybridized carbons (Fsp3) is 0.308. The topological polar surface area (TPSA) is 53.1 Å². The van der Waals surface area contributed by atoms with Crippen molar-refractivity contribution in [3.05, 3.63) is 35.0 Å². The van der Waals surface area contributed by atoms with Crippen molar-refractivity contribution in [1.82, 2.24) is 4.98 Å². The quantitative estimate of drug-likeness (QED) is 0.876. The summed E-state index contributed by atoms with van der Waals surface area (Å²) < 4.78 is 0. The van der Waals surface area contributed by atoms with Crippen LogP contribution in [0.4, 0.5) is 0 Å². The van der Waals surface area contributed by atoms with Crippen molar-refractivity contribution in [2.45, 2.75) is 25.7 Å². The van der Waals surface area contributed by atoms with Crippen LogP contribution in [0.15, 0.2) is 24.4 Å². The van der Waals surface area contributed by atoms with E-state index in [-0.39, 0.29) is 6.42 Å². The highest BCUT2D eigenvalue weighted by Crippen LogP contribution is 2.36. The molecule has 0 saturated heterocycles. The van der Waals surface area contributed by atoms with Gasteiger partial charge in [0.25, 0.3) is 0 Å². The predicted molar refractivity (Wildman–Crippen MR) is 68.6 cm³/mol. The smallest absolute Gasteiger partial charge is 0.304 e. The lowest BCUT2D eigenvalue weighted by molar-refractivity contribution is -0.138. The van der Waals surface area contributed by atoms with E-state index < -0.39 is 11.4 Å². The lowest BCUT2D eigenvalue weighted by Crippen LogP contribution is -2.22. The number of aromatic amines is 1. The third kappa shape index (κ3) is 2.15. The minimum absolute atomic E-state index is 0.0582. The summed E-state index contributed by atoms with van der Waals surface area (Å²) in [5.74, 6) is -0.819. The standard InChI is InChI=1S/C13H14ClNO2/c1-13(2,7-11(16)17)9-3-4-10-8(12(9)14)5-6-15-10/h3-6,15H,7H2,1-2H3,(H,16,17). The zero-order chi connectivity index (χ0) is 12.6. The monoisotopic (exact) mass is 251 g/mol. The average molecular weight is 252 g/mol. The molecule has 0 bridgehead atoms. The summed E-state index contributed by atoms with van der Waals surface area (Å²) in [6, 6.07) is 5.72. The average Bonchev–Trinajstić information content (AvgIpc) is 2.64. The van der Waals surface area contributed by atoms with Crippen molar-refractivity contribution in [2.75, 3.05) is 0 Å². The summed E-state index contributed by atoms with van der Waals surface area (Å²) in [6.45, 7) is 3.78. The Hall–Kier alpha value is -1.48. The number of carboxylic acid groups (broad SMARTS) is 1. The molecule has 0 aliphatic rings. The second-order valence-corrected chi connectivity index (χ2v) is 5.20. The summed E-state index contributed by atoms with van der Waals surface area (Å²) in [5.41, 5.74) is 1.35. The SMILES string of the molecule is CC(C)(CC(=O)O)c1ccc2[nH]ccc2c1Cl. The zero-order valence-corrected chi connectivity index (χ0v) is 10.5. The third-order valence-corrected chi connectivity index (χ3v) is 3.40. The van der Waals surface area contributed by atoms with E-state index in [4.69, 9.17) is 16.7 Å². The first kappa shape index (κ1) is 12.0. The van der Waals surface area contributed by atoms with Gasteiger partial charge in [0.05, 0.1) is 11.4 Å². The molecule has 0 unspecified atom stereocenters. The van der Waals surface area contributed by atoms with Crippen molar-refractivity contribution in [3.63, 3.8) is 0 Å². The molecule has 0 fully saturated rings. The zero-order valence-electron chi connectivity index (χ0n) is 9.75. The molecule has 1 heterocycles. The summed E-state index contributed by atoms with van der Waals surface area (Å²) in [6.07, 6.45) is 1.88. The molecule has 0 aliphatic carbocycles. The normalized spacial score (nSPS) is 11.9. The minimum Gasteiger partial charge on any atom is -0.481 e. The van der Waals surface area contributed by atoms with Gasteiger partial charge >= 0.3 is 5.97 Å². The number of carboxylic acids is 1. The number of halogens is 1. The van der Waals surface area contributed by atoms with Gasteiger partial charge in [0.1, 0.15) is 0 Å². The molecule has 1 aromatic carbocycles. The van der Waals surface area contributed by atoms with Crippen LogP contribution >= 0.6 is 11.6 Å². The van der Waals surface area contributed by atoms with Crippen molar-refractivity contribution >= 4 is 28.5 Å². The Morgan fingerprint density at radius 2 is 2.12 bits per heavy atom. The molecule has 2 N–H and O–H groups in total. The Kier molecular flexibility index (Phi) is 2.87. The van der Waals surface area contributed by atoms with E-state index in [0.717, 1.165) is 16.5 Å². The van der Waals surface area contributed by atoms with Gasteiger partial charge in [-0.25, -0.2) is 0 Å². The number of rotatable bonds is 3. The maximum absolute atomic E-state index is 10.9. The van der Waals surface area contributed by atoms with Crippen LogP contribution in [0, 0.1) is 0 Å². The van der Waals surface area contributed by atoms with E-state index in [0.29, 0.717) is 5.02 Å². The second-order valence-electron chi connectivity index (χ2n) is 4.82. The first-order chi connectivity index (χ1) is 7.92. The maximum Gasteiger partial charge on any atom is 0.304 e.